The molecule has 0 aromatic heterocycles. The molecule has 0 radical (unpaired) electrons. The van der Waals surface area contributed by atoms with E-state index in [9.17, 15) is 5.11 Å². The van der Waals surface area contributed by atoms with E-state index in [1.165, 1.54) is 0 Å². The standard InChI is InChI=1S/C18H32N2O/c1-14(2)9-11-20(12-10-15(3)4)13-18(21)16-7-5-6-8-17(16)19/h5-8,14-15,18,21H,9-13,19H2,1-4H3. The summed E-state index contributed by atoms with van der Waals surface area (Å²) in [4.78, 5) is 2.37. The number of nitrogens with zero attached hydrogens (tertiary/aromatic N) is 1. The van der Waals surface area contributed by atoms with Crippen LogP contribution in [0, 0.1) is 11.8 Å². The van der Waals surface area contributed by atoms with Crippen LogP contribution in [-0.2, 0) is 0 Å². The van der Waals surface area contributed by atoms with Gasteiger partial charge in [-0.15, -0.1) is 0 Å². The van der Waals surface area contributed by atoms with Gasteiger partial charge in [-0.05, 0) is 43.8 Å². The average molecular weight is 292 g/mol. The van der Waals surface area contributed by atoms with Crippen LogP contribution >= 0.6 is 0 Å². The van der Waals surface area contributed by atoms with Gasteiger partial charge in [-0.2, -0.15) is 0 Å². The lowest BCUT2D eigenvalue weighted by molar-refractivity contribution is 0.107. The van der Waals surface area contributed by atoms with Crippen molar-refractivity contribution in [3.63, 3.8) is 0 Å². The number of hydrogen-bond donors (Lipinski definition) is 2. The second-order valence-corrected chi connectivity index (χ2v) is 6.81. The topological polar surface area (TPSA) is 49.5 Å². The number of hydrogen-bond acceptors (Lipinski definition) is 3. The molecule has 0 amide bonds. The second kappa shape index (κ2) is 9.06. The highest BCUT2D eigenvalue weighted by Crippen LogP contribution is 2.21. The fourth-order valence-electron chi connectivity index (χ4n) is 2.33. The number of rotatable bonds is 9. The minimum atomic E-state index is -0.509. The SMILES string of the molecule is CC(C)CCN(CCC(C)C)CC(O)c1ccccc1N. The van der Waals surface area contributed by atoms with E-state index in [0.29, 0.717) is 24.1 Å². The van der Waals surface area contributed by atoms with Crippen LogP contribution in [-0.4, -0.2) is 29.6 Å². The van der Waals surface area contributed by atoms with Crippen molar-refractivity contribution in [2.24, 2.45) is 11.8 Å². The maximum Gasteiger partial charge on any atom is 0.0936 e. The Morgan fingerprint density at radius 3 is 2.00 bits per heavy atom. The number of anilines is 1. The number of aliphatic hydroxyl groups excluding tert-OH is 1. The molecule has 21 heavy (non-hydrogen) atoms. The first-order chi connectivity index (χ1) is 9.90. The summed E-state index contributed by atoms with van der Waals surface area (Å²) in [5.74, 6) is 1.37. The fourth-order valence-corrected chi connectivity index (χ4v) is 2.33. The van der Waals surface area contributed by atoms with Gasteiger partial charge in [0.25, 0.3) is 0 Å². The van der Waals surface area contributed by atoms with Crippen LogP contribution in [0.3, 0.4) is 0 Å². The first-order valence-corrected chi connectivity index (χ1v) is 8.15. The average Bonchev–Trinajstić information content (AvgIpc) is 2.41. The number of aliphatic hydroxyl groups is 1. The Bertz CT molecular complexity index is 392. The molecule has 0 aliphatic carbocycles. The van der Waals surface area contributed by atoms with E-state index < -0.39 is 6.10 Å². The van der Waals surface area contributed by atoms with E-state index in [1.807, 2.05) is 24.3 Å². The van der Waals surface area contributed by atoms with Crippen LogP contribution in [0.2, 0.25) is 0 Å². The molecule has 3 N–H and O–H groups in total. The Kier molecular flexibility index (Phi) is 7.76. The number of nitrogen functional groups attached to an aromatic ring is 1. The van der Waals surface area contributed by atoms with Gasteiger partial charge in [-0.25, -0.2) is 0 Å². The molecule has 0 spiro atoms. The van der Waals surface area contributed by atoms with Gasteiger partial charge in [-0.1, -0.05) is 45.9 Å². The molecule has 120 valence electrons. The third-order valence-electron chi connectivity index (χ3n) is 3.83. The Morgan fingerprint density at radius 2 is 1.52 bits per heavy atom. The predicted molar refractivity (Wildman–Crippen MR) is 91.2 cm³/mol. The Morgan fingerprint density at radius 1 is 1.00 bits per heavy atom. The lowest BCUT2D eigenvalue weighted by Crippen LogP contribution is -2.32. The molecule has 0 saturated heterocycles. The lowest BCUT2D eigenvalue weighted by Gasteiger charge is -2.27. The first-order valence-electron chi connectivity index (χ1n) is 8.15. The van der Waals surface area contributed by atoms with Gasteiger partial charge in [0.1, 0.15) is 0 Å². The third kappa shape index (κ3) is 6.96. The minimum Gasteiger partial charge on any atom is -0.398 e. The smallest absolute Gasteiger partial charge is 0.0936 e. The molecule has 0 aliphatic heterocycles. The van der Waals surface area contributed by atoms with Crippen molar-refractivity contribution in [2.45, 2.75) is 46.6 Å². The first kappa shape index (κ1) is 18.0. The molecule has 3 nitrogen and oxygen atoms in total. The van der Waals surface area contributed by atoms with Crippen LogP contribution in [0.4, 0.5) is 5.69 Å². The van der Waals surface area contributed by atoms with E-state index in [0.717, 1.165) is 31.5 Å². The third-order valence-corrected chi connectivity index (χ3v) is 3.83. The van der Waals surface area contributed by atoms with Gasteiger partial charge >= 0.3 is 0 Å². The zero-order valence-electron chi connectivity index (χ0n) is 14.0. The molecule has 1 atom stereocenters. The quantitative estimate of drug-likeness (QED) is 0.682. The lowest BCUT2D eigenvalue weighted by atomic mass is 10.0. The monoisotopic (exact) mass is 292 g/mol. The van der Waals surface area contributed by atoms with Gasteiger partial charge in [0.15, 0.2) is 0 Å². The summed E-state index contributed by atoms with van der Waals surface area (Å²) >= 11 is 0. The maximum atomic E-state index is 10.5. The molecule has 0 fully saturated rings. The summed E-state index contributed by atoms with van der Waals surface area (Å²) in [5.41, 5.74) is 7.49. The van der Waals surface area contributed by atoms with Gasteiger partial charge in [-0.3, -0.25) is 0 Å². The summed E-state index contributed by atoms with van der Waals surface area (Å²) in [6.07, 6.45) is 1.81. The Balaban J connectivity index is 2.63. The van der Waals surface area contributed by atoms with E-state index in [4.69, 9.17) is 5.73 Å². The molecule has 0 saturated carbocycles. The second-order valence-electron chi connectivity index (χ2n) is 6.81. The van der Waals surface area contributed by atoms with Crippen LogP contribution in [0.5, 0.6) is 0 Å². The molecular weight excluding hydrogens is 260 g/mol. The van der Waals surface area contributed by atoms with Crippen LogP contribution in [0.25, 0.3) is 0 Å². The molecule has 0 heterocycles. The molecular formula is C18H32N2O. The van der Waals surface area contributed by atoms with Gasteiger partial charge in [0.2, 0.25) is 0 Å². The summed E-state index contributed by atoms with van der Waals surface area (Å²) in [5, 5.41) is 10.5. The number of nitrogens with two attached hydrogens (primary N) is 1. The molecule has 1 unspecified atom stereocenters. The molecule has 1 rings (SSSR count). The largest absolute Gasteiger partial charge is 0.398 e. The molecule has 0 aliphatic rings. The number of benzene rings is 1. The summed E-state index contributed by atoms with van der Waals surface area (Å²) in [7, 11) is 0. The van der Waals surface area contributed by atoms with Gasteiger partial charge in [0, 0.05) is 17.8 Å². The van der Waals surface area contributed by atoms with E-state index in [-0.39, 0.29) is 0 Å². The van der Waals surface area contributed by atoms with Crippen molar-refractivity contribution in [3.8, 4) is 0 Å². The van der Waals surface area contributed by atoms with Crippen molar-refractivity contribution >= 4 is 5.69 Å². The summed E-state index contributed by atoms with van der Waals surface area (Å²) < 4.78 is 0. The van der Waals surface area contributed by atoms with Crippen LogP contribution < -0.4 is 5.73 Å². The van der Waals surface area contributed by atoms with Crippen molar-refractivity contribution in [1.29, 1.82) is 0 Å². The highest BCUT2D eigenvalue weighted by Gasteiger charge is 2.16. The summed E-state index contributed by atoms with van der Waals surface area (Å²) in [6, 6.07) is 7.61. The highest BCUT2D eigenvalue weighted by atomic mass is 16.3. The van der Waals surface area contributed by atoms with E-state index in [1.54, 1.807) is 0 Å². The zero-order chi connectivity index (χ0) is 15.8. The Hall–Kier alpha value is -1.06. The fraction of sp³-hybridized carbons (Fsp3) is 0.667. The van der Waals surface area contributed by atoms with Crippen LogP contribution in [0.15, 0.2) is 24.3 Å². The molecule has 3 heteroatoms. The summed E-state index contributed by atoms with van der Waals surface area (Å²) in [6.45, 7) is 11.7. The predicted octanol–water partition coefficient (Wildman–Crippen LogP) is 3.70. The van der Waals surface area contributed by atoms with E-state index >= 15 is 0 Å². The molecule has 1 aromatic carbocycles. The molecule has 1 aromatic rings. The van der Waals surface area contributed by atoms with Gasteiger partial charge < -0.3 is 15.7 Å². The molecule has 0 bridgehead atoms. The van der Waals surface area contributed by atoms with Crippen LogP contribution in [0.1, 0.15) is 52.2 Å². The highest BCUT2D eigenvalue weighted by molar-refractivity contribution is 5.47. The number of para-hydroxylation sites is 1. The van der Waals surface area contributed by atoms with E-state index in [2.05, 4.69) is 32.6 Å². The van der Waals surface area contributed by atoms with Crippen molar-refractivity contribution in [2.75, 3.05) is 25.4 Å². The van der Waals surface area contributed by atoms with Crippen molar-refractivity contribution in [3.05, 3.63) is 29.8 Å². The van der Waals surface area contributed by atoms with Crippen molar-refractivity contribution < 1.29 is 5.11 Å². The maximum absolute atomic E-state index is 10.5. The zero-order valence-corrected chi connectivity index (χ0v) is 14.0. The Labute approximate surface area is 130 Å². The van der Waals surface area contributed by atoms with Crippen molar-refractivity contribution in [1.82, 2.24) is 4.90 Å². The normalized spacial score (nSPS) is 13.3. The van der Waals surface area contributed by atoms with Gasteiger partial charge in [0.05, 0.1) is 6.10 Å². The minimum absolute atomic E-state index is 0.509.